The summed E-state index contributed by atoms with van der Waals surface area (Å²) in [7, 11) is 1.56. The Bertz CT molecular complexity index is 1240. The number of nitrogens with zero attached hydrogens (tertiary/aromatic N) is 4. The van der Waals surface area contributed by atoms with Gasteiger partial charge in [-0.25, -0.2) is 9.78 Å². The van der Waals surface area contributed by atoms with E-state index in [0.29, 0.717) is 30.9 Å². The lowest BCUT2D eigenvalue weighted by molar-refractivity contribution is -0.138. The molecule has 3 heterocycles. The van der Waals surface area contributed by atoms with E-state index < -0.39 is 17.5 Å². The molecule has 4 amide bonds. The summed E-state index contributed by atoms with van der Waals surface area (Å²) < 4.78 is 5.17. The van der Waals surface area contributed by atoms with Crippen molar-refractivity contribution in [1.29, 1.82) is 0 Å². The van der Waals surface area contributed by atoms with Crippen molar-refractivity contribution in [2.24, 2.45) is 0 Å². The Kier molecular flexibility index (Phi) is 5.80. The molecule has 0 saturated carbocycles. The number of urea groups is 1. The van der Waals surface area contributed by atoms with Gasteiger partial charge in [0.15, 0.2) is 0 Å². The van der Waals surface area contributed by atoms with Crippen LogP contribution in [0.2, 0.25) is 0 Å². The van der Waals surface area contributed by atoms with E-state index in [0.717, 1.165) is 34.8 Å². The molecule has 182 valence electrons. The molecule has 2 aliphatic rings. The molecule has 2 aliphatic heterocycles. The first-order valence-corrected chi connectivity index (χ1v) is 11.6. The van der Waals surface area contributed by atoms with Crippen molar-refractivity contribution < 1.29 is 19.1 Å². The molecular formula is C25H28N6O4. The second-order valence-corrected chi connectivity index (χ2v) is 8.97. The Hall–Kier alpha value is -4.08. The zero-order valence-corrected chi connectivity index (χ0v) is 19.8. The van der Waals surface area contributed by atoms with Crippen LogP contribution >= 0.6 is 0 Å². The molecule has 10 heteroatoms. The molecule has 0 aliphatic carbocycles. The van der Waals surface area contributed by atoms with Gasteiger partial charge < -0.3 is 24.8 Å². The fourth-order valence-electron chi connectivity index (χ4n) is 4.66. The van der Waals surface area contributed by atoms with Gasteiger partial charge in [0, 0.05) is 26.2 Å². The average molecular weight is 477 g/mol. The quantitative estimate of drug-likeness (QED) is 0.546. The summed E-state index contributed by atoms with van der Waals surface area (Å²) >= 11 is 0. The van der Waals surface area contributed by atoms with E-state index in [4.69, 9.17) is 4.74 Å². The molecule has 0 spiro atoms. The van der Waals surface area contributed by atoms with Gasteiger partial charge >= 0.3 is 6.03 Å². The van der Waals surface area contributed by atoms with Crippen molar-refractivity contribution in [1.82, 2.24) is 25.1 Å². The number of nitrogens with one attached hydrogen (secondary N) is 2. The predicted octanol–water partition coefficient (Wildman–Crippen LogP) is 2.08. The monoisotopic (exact) mass is 476 g/mol. The number of fused-ring (bicyclic) bond motifs is 1. The van der Waals surface area contributed by atoms with E-state index in [1.165, 1.54) is 0 Å². The average Bonchev–Trinajstić information content (AvgIpc) is 3.27. The minimum atomic E-state index is -1.24. The maximum Gasteiger partial charge on any atom is 0.325 e. The molecular weight excluding hydrogens is 448 g/mol. The molecule has 1 atom stereocenters. The second-order valence-electron chi connectivity index (χ2n) is 8.97. The number of H-pyrrole nitrogens is 1. The van der Waals surface area contributed by atoms with Crippen LogP contribution in [0.25, 0.3) is 11.0 Å². The predicted molar refractivity (Wildman–Crippen MR) is 130 cm³/mol. The third-order valence-corrected chi connectivity index (χ3v) is 6.76. The number of anilines is 1. The third-order valence-electron chi connectivity index (χ3n) is 6.76. The second kappa shape index (κ2) is 8.94. The van der Waals surface area contributed by atoms with E-state index in [1.807, 2.05) is 24.3 Å². The number of methoxy groups -OCH3 is 1. The highest BCUT2D eigenvalue weighted by Crippen LogP contribution is 2.30. The van der Waals surface area contributed by atoms with Gasteiger partial charge in [-0.05, 0) is 43.2 Å². The van der Waals surface area contributed by atoms with Gasteiger partial charge in [-0.2, -0.15) is 0 Å². The number of imidazole rings is 1. The Labute approximate surface area is 202 Å². The first-order chi connectivity index (χ1) is 16.9. The normalized spacial score (nSPS) is 20.8. The first-order valence-electron chi connectivity index (χ1n) is 11.6. The Morgan fingerprint density at radius 3 is 2.57 bits per heavy atom. The summed E-state index contributed by atoms with van der Waals surface area (Å²) in [5, 5.41) is 2.75. The molecule has 35 heavy (non-hydrogen) atoms. The molecule has 0 bridgehead atoms. The topological polar surface area (TPSA) is 111 Å². The van der Waals surface area contributed by atoms with Gasteiger partial charge in [0.2, 0.25) is 11.9 Å². The summed E-state index contributed by atoms with van der Waals surface area (Å²) in [6, 6.07) is 14.2. The van der Waals surface area contributed by atoms with Crippen LogP contribution in [0.5, 0.6) is 5.75 Å². The molecule has 5 rings (SSSR count). The van der Waals surface area contributed by atoms with E-state index in [-0.39, 0.29) is 12.5 Å². The van der Waals surface area contributed by atoms with Gasteiger partial charge in [-0.3, -0.25) is 14.5 Å². The SMILES string of the molecule is COc1ccc(C2(C)NC(=O)N(CC(=O)N3CCCN(c4nc5ccccc5[nH]4)CC3)C2=O)cc1. The Morgan fingerprint density at radius 2 is 1.83 bits per heavy atom. The number of carbonyl (C=O) groups excluding carboxylic acids is 3. The summed E-state index contributed by atoms with van der Waals surface area (Å²) in [5.74, 6) is 0.738. The van der Waals surface area contributed by atoms with Crippen LogP contribution in [0.15, 0.2) is 48.5 Å². The molecule has 1 aromatic heterocycles. The Morgan fingerprint density at radius 1 is 1.06 bits per heavy atom. The zero-order chi connectivity index (χ0) is 24.6. The van der Waals surface area contributed by atoms with Crippen molar-refractivity contribution in [3.63, 3.8) is 0 Å². The molecule has 1 unspecified atom stereocenters. The minimum Gasteiger partial charge on any atom is -0.497 e. The molecule has 0 radical (unpaired) electrons. The smallest absolute Gasteiger partial charge is 0.325 e. The van der Waals surface area contributed by atoms with Crippen molar-refractivity contribution in [2.75, 3.05) is 44.7 Å². The van der Waals surface area contributed by atoms with E-state index in [2.05, 4.69) is 20.2 Å². The first kappa shape index (κ1) is 22.7. The number of hydrogen-bond donors (Lipinski definition) is 2. The molecule has 3 aromatic rings. The molecule has 2 fully saturated rings. The summed E-state index contributed by atoms with van der Waals surface area (Å²) in [6.07, 6.45) is 0.756. The number of benzene rings is 2. The zero-order valence-electron chi connectivity index (χ0n) is 19.8. The standard InChI is InChI=1S/C25H28N6O4/c1-25(17-8-10-18(35-2)11-9-17)22(33)31(24(34)28-25)16-21(32)29-12-5-13-30(15-14-29)23-26-19-6-3-4-7-20(19)27-23/h3-4,6-11H,5,12-16H2,1-2H3,(H,26,27)(H,28,34). The van der Waals surface area contributed by atoms with Crippen LogP contribution in [-0.2, 0) is 15.1 Å². The number of hydrogen-bond acceptors (Lipinski definition) is 6. The maximum atomic E-state index is 13.2. The summed E-state index contributed by atoms with van der Waals surface area (Å²) in [5.41, 5.74) is 1.26. The molecule has 2 saturated heterocycles. The van der Waals surface area contributed by atoms with Crippen LogP contribution < -0.4 is 15.0 Å². The third kappa shape index (κ3) is 4.16. The molecule has 10 nitrogen and oxygen atoms in total. The maximum absolute atomic E-state index is 13.2. The van der Waals surface area contributed by atoms with Crippen LogP contribution in [0.4, 0.5) is 10.7 Å². The number of carbonyl (C=O) groups is 3. The highest BCUT2D eigenvalue weighted by Gasteiger charge is 2.49. The lowest BCUT2D eigenvalue weighted by atomic mass is 9.92. The van der Waals surface area contributed by atoms with E-state index in [9.17, 15) is 14.4 Å². The molecule has 2 aromatic carbocycles. The van der Waals surface area contributed by atoms with E-state index >= 15 is 0 Å². The van der Waals surface area contributed by atoms with Gasteiger partial charge in [-0.1, -0.05) is 24.3 Å². The number of rotatable bonds is 5. The highest BCUT2D eigenvalue weighted by molar-refractivity contribution is 6.09. The van der Waals surface area contributed by atoms with Crippen LogP contribution in [-0.4, -0.2) is 77.4 Å². The van der Waals surface area contributed by atoms with Gasteiger partial charge in [-0.15, -0.1) is 0 Å². The highest BCUT2D eigenvalue weighted by atomic mass is 16.5. The summed E-state index contributed by atoms with van der Waals surface area (Å²) in [6.45, 7) is 3.75. The number of imide groups is 1. The number of aromatic amines is 1. The fourth-order valence-corrected chi connectivity index (χ4v) is 4.66. The van der Waals surface area contributed by atoms with Crippen LogP contribution in [0, 0.1) is 0 Å². The lowest BCUT2D eigenvalue weighted by Gasteiger charge is -2.25. The van der Waals surface area contributed by atoms with E-state index in [1.54, 1.807) is 43.2 Å². The van der Waals surface area contributed by atoms with Gasteiger partial charge in [0.25, 0.3) is 5.91 Å². The minimum absolute atomic E-state index is 0.251. The number of ether oxygens (including phenoxy) is 1. The number of para-hydroxylation sites is 2. The molecule has 2 N–H and O–H groups in total. The van der Waals surface area contributed by atoms with Crippen LogP contribution in [0.3, 0.4) is 0 Å². The largest absolute Gasteiger partial charge is 0.497 e. The van der Waals surface area contributed by atoms with Crippen molar-refractivity contribution in [3.05, 3.63) is 54.1 Å². The number of amides is 4. The van der Waals surface area contributed by atoms with Crippen LogP contribution in [0.1, 0.15) is 18.9 Å². The lowest BCUT2D eigenvalue weighted by Crippen LogP contribution is -2.45. The van der Waals surface area contributed by atoms with Crippen molar-refractivity contribution in [3.8, 4) is 5.75 Å². The Balaban J connectivity index is 1.24. The van der Waals surface area contributed by atoms with Crippen molar-refractivity contribution in [2.45, 2.75) is 18.9 Å². The number of aromatic nitrogens is 2. The summed E-state index contributed by atoms with van der Waals surface area (Å²) in [4.78, 5) is 51.9. The van der Waals surface area contributed by atoms with Gasteiger partial charge in [0.05, 0.1) is 18.1 Å². The van der Waals surface area contributed by atoms with Gasteiger partial charge in [0.1, 0.15) is 17.8 Å². The fraction of sp³-hybridized carbons (Fsp3) is 0.360. The van der Waals surface area contributed by atoms with Crippen molar-refractivity contribution >= 4 is 34.8 Å².